The molecule has 0 aliphatic carbocycles. The quantitative estimate of drug-likeness (QED) is 0.434. The Hall–Kier alpha value is -2.99. The Morgan fingerprint density at radius 2 is 1.75 bits per heavy atom. The van der Waals surface area contributed by atoms with Crippen molar-refractivity contribution in [1.29, 1.82) is 0 Å². The molecular weight excluding hydrogens is 384 g/mol. The normalized spacial score (nSPS) is 10.7. The van der Waals surface area contributed by atoms with Gasteiger partial charge in [-0.15, -0.1) is 0 Å². The van der Waals surface area contributed by atoms with E-state index >= 15 is 0 Å². The standard InChI is InChI=1S/C21H19ClO6/c1-3-25-15-4-6-16(7-5-15)26-12-21(24)27-11-14-9-20(23)28-19-8-13(2)18(22)10-17(14)19/h4-10H,3,11-12H2,1-2H3. The monoisotopic (exact) mass is 402 g/mol. The van der Waals surface area contributed by atoms with Crippen molar-refractivity contribution in [3.05, 3.63) is 69.0 Å². The van der Waals surface area contributed by atoms with Gasteiger partial charge in [0.25, 0.3) is 0 Å². The topological polar surface area (TPSA) is 75.0 Å². The van der Waals surface area contributed by atoms with Crippen LogP contribution in [0.4, 0.5) is 0 Å². The molecule has 0 radical (unpaired) electrons. The van der Waals surface area contributed by atoms with E-state index in [0.717, 1.165) is 11.3 Å². The molecule has 0 atom stereocenters. The molecule has 1 heterocycles. The number of aryl methyl sites for hydroxylation is 1. The first kappa shape index (κ1) is 19.8. The Kier molecular flexibility index (Phi) is 6.21. The van der Waals surface area contributed by atoms with Crippen LogP contribution in [0.2, 0.25) is 5.02 Å². The highest BCUT2D eigenvalue weighted by Gasteiger charge is 2.11. The van der Waals surface area contributed by atoms with Crippen LogP contribution < -0.4 is 15.1 Å². The number of carbonyl (C=O) groups is 1. The molecule has 1 aromatic heterocycles. The summed E-state index contributed by atoms with van der Waals surface area (Å²) in [6.07, 6.45) is 0. The molecule has 0 unspecified atom stereocenters. The number of hydrogen-bond acceptors (Lipinski definition) is 6. The second-order valence-corrected chi connectivity index (χ2v) is 6.45. The minimum Gasteiger partial charge on any atom is -0.494 e. The Morgan fingerprint density at radius 1 is 1.07 bits per heavy atom. The maximum absolute atomic E-state index is 12.0. The molecule has 0 N–H and O–H groups in total. The molecule has 0 fully saturated rings. The highest BCUT2D eigenvalue weighted by Crippen LogP contribution is 2.25. The van der Waals surface area contributed by atoms with Crippen LogP contribution in [0, 0.1) is 6.92 Å². The van der Waals surface area contributed by atoms with E-state index in [1.54, 1.807) is 36.4 Å². The van der Waals surface area contributed by atoms with Crippen molar-refractivity contribution >= 4 is 28.5 Å². The number of hydrogen-bond donors (Lipinski definition) is 0. The second kappa shape index (κ2) is 8.80. The second-order valence-electron chi connectivity index (χ2n) is 6.04. The van der Waals surface area contributed by atoms with Crippen molar-refractivity contribution in [2.45, 2.75) is 20.5 Å². The van der Waals surface area contributed by atoms with Crippen molar-refractivity contribution in [1.82, 2.24) is 0 Å². The van der Waals surface area contributed by atoms with E-state index in [4.69, 9.17) is 30.2 Å². The third-order valence-corrected chi connectivity index (χ3v) is 4.40. The molecule has 0 aliphatic heterocycles. The fraction of sp³-hybridized carbons (Fsp3) is 0.238. The summed E-state index contributed by atoms with van der Waals surface area (Å²) < 4.78 is 21.2. The van der Waals surface area contributed by atoms with Crippen LogP contribution >= 0.6 is 11.6 Å². The summed E-state index contributed by atoms with van der Waals surface area (Å²) in [7, 11) is 0. The first-order valence-corrected chi connectivity index (χ1v) is 9.08. The average molecular weight is 403 g/mol. The van der Waals surface area contributed by atoms with Gasteiger partial charge in [-0.25, -0.2) is 9.59 Å². The number of carbonyl (C=O) groups excluding carboxylic acids is 1. The van der Waals surface area contributed by atoms with E-state index in [1.165, 1.54) is 6.07 Å². The predicted molar refractivity (Wildman–Crippen MR) is 105 cm³/mol. The van der Waals surface area contributed by atoms with E-state index in [9.17, 15) is 9.59 Å². The molecule has 0 saturated heterocycles. The molecule has 0 amide bonds. The molecule has 0 aliphatic rings. The van der Waals surface area contributed by atoms with Crippen molar-refractivity contribution in [3.63, 3.8) is 0 Å². The Balaban J connectivity index is 1.63. The van der Waals surface area contributed by atoms with Crippen LogP contribution in [0.5, 0.6) is 11.5 Å². The predicted octanol–water partition coefficient (Wildman–Crippen LogP) is 4.28. The molecule has 7 heteroatoms. The van der Waals surface area contributed by atoms with Crippen LogP contribution in [0.25, 0.3) is 11.0 Å². The summed E-state index contributed by atoms with van der Waals surface area (Å²) in [5, 5.41) is 1.16. The minimum absolute atomic E-state index is 0.0903. The molecule has 3 rings (SSSR count). The summed E-state index contributed by atoms with van der Waals surface area (Å²) in [6, 6.07) is 11.6. The molecule has 0 bridgehead atoms. The zero-order valence-corrected chi connectivity index (χ0v) is 16.2. The van der Waals surface area contributed by atoms with E-state index < -0.39 is 11.6 Å². The maximum atomic E-state index is 12.0. The SMILES string of the molecule is CCOc1ccc(OCC(=O)OCc2cc(=O)oc3cc(C)c(Cl)cc23)cc1. The van der Waals surface area contributed by atoms with Crippen molar-refractivity contribution < 1.29 is 23.4 Å². The molecule has 146 valence electrons. The summed E-state index contributed by atoms with van der Waals surface area (Å²) in [4.78, 5) is 23.8. The van der Waals surface area contributed by atoms with Gasteiger partial charge >= 0.3 is 11.6 Å². The van der Waals surface area contributed by atoms with E-state index in [0.29, 0.717) is 33.9 Å². The molecule has 0 spiro atoms. The highest BCUT2D eigenvalue weighted by atomic mass is 35.5. The zero-order valence-electron chi connectivity index (χ0n) is 15.5. The highest BCUT2D eigenvalue weighted by molar-refractivity contribution is 6.32. The summed E-state index contributed by atoms with van der Waals surface area (Å²) in [5.74, 6) is 0.683. The Morgan fingerprint density at radius 3 is 2.43 bits per heavy atom. The number of rotatable bonds is 7. The molecule has 2 aromatic carbocycles. The fourth-order valence-corrected chi connectivity index (χ4v) is 2.77. The number of ether oxygens (including phenoxy) is 3. The number of halogens is 1. The van der Waals surface area contributed by atoms with Crippen LogP contribution in [-0.4, -0.2) is 19.2 Å². The van der Waals surface area contributed by atoms with Gasteiger partial charge in [-0.2, -0.15) is 0 Å². The van der Waals surface area contributed by atoms with E-state index in [1.807, 2.05) is 13.8 Å². The minimum atomic E-state index is -0.562. The summed E-state index contributed by atoms with van der Waals surface area (Å²) in [5.41, 5.74) is 1.18. The smallest absolute Gasteiger partial charge is 0.344 e. The van der Waals surface area contributed by atoms with Crippen molar-refractivity contribution in [3.8, 4) is 11.5 Å². The van der Waals surface area contributed by atoms with Gasteiger partial charge in [0.05, 0.1) is 6.61 Å². The van der Waals surface area contributed by atoms with Crippen LogP contribution in [0.15, 0.2) is 51.7 Å². The van der Waals surface area contributed by atoms with E-state index in [2.05, 4.69) is 0 Å². The van der Waals surface area contributed by atoms with Crippen LogP contribution in [0.3, 0.4) is 0 Å². The van der Waals surface area contributed by atoms with Gasteiger partial charge < -0.3 is 18.6 Å². The van der Waals surface area contributed by atoms with Crippen LogP contribution in [0.1, 0.15) is 18.1 Å². The third kappa shape index (κ3) is 4.84. The zero-order chi connectivity index (χ0) is 20.1. The lowest BCUT2D eigenvalue weighted by atomic mass is 10.1. The van der Waals surface area contributed by atoms with Gasteiger partial charge in [0, 0.05) is 22.0 Å². The number of benzene rings is 2. The van der Waals surface area contributed by atoms with Gasteiger partial charge in [0.2, 0.25) is 0 Å². The number of fused-ring (bicyclic) bond motifs is 1. The van der Waals surface area contributed by atoms with Crippen molar-refractivity contribution in [2.24, 2.45) is 0 Å². The molecule has 6 nitrogen and oxygen atoms in total. The lowest BCUT2D eigenvalue weighted by Gasteiger charge is -2.10. The van der Waals surface area contributed by atoms with Gasteiger partial charge in [-0.05, 0) is 55.8 Å². The van der Waals surface area contributed by atoms with Gasteiger partial charge in [-0.1, -0.05) is 11.6 Å². The molecule has 3 aromatic rings. The fourth-order valence-electron chi connectivity index (χ4n) is 2.61. The van der Waals surface area contributed by atoms with Gasteiger partial charge in [-0.3, -0.25) is 0 Å². The Labute approximate surface area is 166 Å². The molecular formula is C21H19ClO6. The average Bonchev–Trinajstić information content (AvgIpc) is 2.67. The first-order valence-electron chi connectivity index (χ1n) is 8.70. The van der Waals surface area contributed by atoms with E-state index in [-0.39, 0.29) is 13.2 Å². The molecule has 0 saturated carbocycles. The largest absolute Gasteiger partial charge is 0.494 e. The first-order chi connectivity index (χ1) is 13.5. The van der Waals surface area contributed by atoms with Crippen molar-refractivity contribution in [2.75, 3.05) is 13.2 Å². The summed E-state index contributed by atoms with van der Waals surface area (Å²) >= 11 is 6.15. The van der Waals surface area contributed by atoms with Crippen LogP contribution in [-0.2, 0) is 16.1 Å². The lowest BCUT2D eigenvalue weighted by molar-refractivity contribution is -0.147. The van der Waals surface area contributed by atoms with Gasteiger partial charge in [0.15, 0.2) is 6.61 Å². The Bertz CT molecular complexity index is 1040. The summed E-state index contributed by atoms with van der Waals surface area (Å²) in [6.45, 7) is 3.94. The molecule has 28 heavy (non-hydrogen) atoms. The van der Waals surface area contributed by atoms with Gasteiger partial charge in [0.1, 0.15) is 23.7 Å². The maximum Gasteiger partial charge on any atom is 0.344 e. The third-order valence-electron chi connectivity index (χ3n) is 3.99. The number of esters is 1. The lowest BCUT2D eigenvalue weighted by Crippen LogP contribution is -2.15.